The molecule has 0 spiro atoms. The van der Waals surface area contributed by atoms with E-state index in [-0.39, 0.29) is 61.7 Å². The van der Waals surface area contributed by atoms with Crippen molar-refractivity contribution in [1.29, 1.82) is 0 Å². The second kappa shape index (κ2) is 10.0. The molecule has 0 saturated carbocycles. The Morgan fingerprint density at radius 3 is 2.10 bits per heavy atom. The molecule has 0 unspecified atom stereocenters. The highest BCUT2D eigenvalue weighted by Crippen LogP contribution is 2.37. The van der Waals surface area contributed by atoms with Crippen LogP contribution >= 0.6 is 0 Å². The number of hydrogen-bond acceptors (Lipinski definition) is 5. The van der Waals surface area contributed by atoms with Crippen molar-refractivity contribution in [2.75, 3.05) is 13.1 Å². The third-order valence-corrected chi connectivity index (χ3v) is 6.93. The summed E-state index contributed by atoms with van der Waals surface area (Å²) in [5.41, 5.74) is -3.97. The predicted octanol–water partition coefficient (Wildman–Crippen LogP) is 4.79. The van der Waals surface area contributed by atoms with E-state index in [0.717, 1.165) is 0 Å². The van der Waals surface area contributed by atoms with E-state index in [9.17, 15) is 40.6 Å². The SMILES string of the molecule is O=c1c2cnn(-c3ccc(F)cc3)c2ncn1CC1(O)CCN(Cc2cc(C(F)(F)F)cc(C(F)(F)F)c2)CC1. The molecule has 212 valence electrons. The van der Waals surface area contributed by atoms with Gasteiger partial charge in [-0.15, -0.1) is 0 Å². The number of alkyl halides is 6. The summed E-state index contributed by atoms with van der Waals surface area (Å²) in [6.45, 7) is 0.0767. The lowest BCUT2D eigenvalue weighted by Crippen LogP contribution is -2.47. The second-order valence-corrected chi connectivity index (χ2v) is 9.86. The summed E-state index contributed by atoms with van der Waals surface area (Å²) in [5.74, 6) is -0.435. The molecule has 1 N–H and O–H groups in total. The van der Waals surface area contributed by atoms with Crippen molar-refractivity contribution in [1.82, 2.24) is 24.2 Å². The summed E-state index contributed by atoms with van der Waals surface area (Å²) in [6.07, 6.45) is -7.04. The Bertz CT molecular complexity index is 1550. The first-order valence-electron chi connectivity index (χ1n) is 12.1. The first-order chi connectivity index (χ1) is 18.7. The van der Waals surface area contributed by atoms with Gasteiger partial charge < -0.3 is 5.11 Å². The molecule has 0 amide bonds. The van der Waals surface area contributed by atoms with Gasteiger partial charge in [-0.1, -0.05) is 0 Å². The fourth-order valence-corrected chi connectivity index (χ4v) is 4.80. The van der Waals surface area contributed by atoms with Gasteiger partial charge in [0, 0.05) is 19.6 Å². The Labute approximate surface area is 222 Å². The van der Waals surface area contributed by atoms with Gasteiger partial charge in [-0.2, -0.15) is 31.4 Å². The van der Waals surface area contributed by atoms with Gasteiger partial charge in [0.1, 0.15) is 17.5 Å². The van der Waals surface area contributed by atoms with E-state index in [4.69, 9.17) is 0 Å². The summed E-state index contributed by atoms with van der Waals surface area (Å²) < 4.78 is 95.0. The predicted molar refractivity (Wildman–Crippen MR) is 129 cm³/mol. The van der Waals surface area contributed by atoms with E-state index in [2.05, 4.69) is 10.1 Å². The molecule has 1 aliphatic heterocycles. The highest BCUT2D eigenvalue weighted by molar-refractivity contribution is 5.74. The third-order valence-electron chi connectivity index (χ3n) is 6.93. The molecule has 3 heterocycles. The number of likely N-dealkylation sites (tertiary alicyclic amines) is 1. The molecule has 1 fully saturated rings. The number of halogens is 7. The van der Waals surface area contributed by atoms with Gasteiger partial charge >= 0.3 is 12.4 Å². The topological polar surface area (TPSA) is 76.2 Å². The minimum Gasteiger partial charge on any atom is -0.388 e. The average molecular weight is 569 g/mol. The van der Waals surface area contributed by atoms with Crippen LogP contribution in [0, 0.1) is 5.82 Å². The lowest BCUT2D eigenvalue weighted by Gasteiger charge is -2.38. The minimum absolute atomic E-state index is 0.0877. The van der Waals surface area contributed by atoms with Gasteiger partial charge in [0.05, 0.1) is 35.2 Å². The number of piperidine rings is 1. The van der Waals surface area contributed by atoms with Crippen LogP contribution in [0.2, 0.25) is 0 Å². The van der Waals surface area contributed by atoms with Gasteiger partial charge in [-0.25, -0.2) is 14.1 Å². The van der Waals surface area contributed by atoms with Gasteiger partial charge in [0.15, 0.2) is 5.65 Å². The number of rotatable bonds is 5. The molecule has 40 heavy (non-hydrogen) atoms. The van der Waals surface area contributed by atoms with Crippen molar-refractivity contribution in [3.05, 3.63) is 87.9 Å². The molecular weight excluding hydrogens is 547 g/mol. The number of aromatic nitrogens is 4. The molecule has 0 bridgehead atoms. The zero-order chi connectivity index (χ0) is 28.9. The molecule has 0 radical (unpaired) electrons. The lowest BCUT2D eigenvalue weighted by molar-refractivity contribution is -0.143. The van der Waals surface area contributed by atoms with Crippen LogP contribution in [0.25, 0.3) is 16.7 Å². The fourth-order valence-electron chi connectivity index (χ4n) is 4.80. The van der Waals surface area contributed by atoms with Crippen LogP contribution in [0.3, 0.4) is 0 Å². The zero-order valence-electron chi connectivity index (χ0n) is 20.7. The lowest BCUT2D eigenvalue weighted by atomic mass is 9.91. The standard InChI is InChI=1S/C26H22F7N5O2/c27-19-1-3-20(4-2-19)38-22-21(12-35-38)23(39)37(15-34-22)14-24(40)5-7-36(8-6-24)13-16-9-17(25(28,29)30)11-18(10-16)26(31,32)33/h1-4,9-12,15,40H,5-8,13-14H2. The number of benzene rings is 2. The maximum absolute atomic E-state index is 13.3. The Morgan fingerprint density at radius 2 is 1.52 bits per heavy atom. The van der Waals surface area contributed by atoms with Crippen molar-refractivity contribution >= 4 is 11.0 Å². The third kappa shape index (κ3) is 5.72. The Balaban J connectivity index is 1.29. The molecule has 2 aromatic heterocycles. The first-order valence-corrected chi connectivity index (χ1v) is 12.1. The van der Waals surface area contributed by atoms with Gasteiger partial charge in [-0.05, 0) is 60.9 Å². The zero-order valence-corrected chi connectivity index (χ0v) is 20.7. The quantitative estimate of drug-likeness (QED) is 0.350. The number of fused-ring (bicyclic) bond motifs is 1. The summed E-state index contributed by atoms with van der Waals surface area (Å²) in [4.78, 5) is 19.0. The van der Waals surface area contributed by atoms with Gasteiger partial charge in [0.25, 0.3) is 5.56 Å². The normalized spacial score (nSPS) is 16.5. The van der Waals surface area contributed by atoms with Crippen LogP contribution in [0.15, 0.2) is 59.8 Å². The van der Waals surface area contributed by atoms with Crippen LogP contribution < -0.4 is 5.56 Å². The van der Waals surface area contributed by atoms with E-state index in [1.54, 1.807) is 4.90 Å². The van der Waals surface area contributed by atoms with Crippen molar-refractivity contribution in [3.8, 4) is 5.69 Å². The molecule has 0 aliphatic carbocycles. The Hall–Kier alpha value is -3.78. The average Bonchev–Trinajstić information content (AvgIpc) is 3.31. The summed E-state index contributed by atoms with van der Waals surface area (Å²) in [6, 6.07) is 6.93. The molecule has 14 heteroatoms. The maximum atomic E-state index is 13.3. The van der Waals surface area contributed by atoms with E-state index in [1.807, 2.05) is 0 Å². The Morgan fingerprint density at radius 1 is 0.925 bits per heavy atom. The van der Waals surface area contributed by atoms with Crippen molar-refractivity contribution in [3.63, 3.8) is 0 Å². The van der Waals surface area contributed by atoms with E-state index in [1.165, 1.54) is 46.0 Å². The smallest absolute Gasteiger partial charge is 0.388 e. The second-order valence-electron chi connectivity index (χ2n) is 9.86. The largest absolute Gasteiger partial charge is 0.416 e. The van der Waals surface area contributed by atoms with Crippen molar-refractivity contribution in [2.45, 2.75) is 43.9 Å². The molecule has 1 saturated heterocycles. The highest BCUT2D eigenvalue weighted by Gasteiger charge is 2.38. The van der Waals surface area contributed by atoms with Crippen molar-refractivity contribution < 1.29 is 35.8 Å². The van der Waals surface area contributed by atoms with Crippen LogP contribution in [-0.2, 0) is 25.4 Å². The number of nitrogens with zero attached hydrogens (tertiary/aromatic N) is 5. The minimum atomic E-state index is -4.93. The van der Waals surface area contributed by atoms with Crippen LogP contribution in [0.5, 0.6) is 0 Å². The van der Waals surface area contributed by atoms with Gasteiger partial charge in [0.2, 0.25) is 0 Å². The molecular formula is C26H22F7N5O2. The Kier molecular flexibility index (Phi) is 6.94. The van der Waals surface area contributed by atoms with Crippen LogP contribution in [0.4, 0.5) is 30.7 Å². The summed E-state index contributed by atoms with van der Waals surface area (Å²) in [5, 5.41) is 15.5. The van der Waals surface area contributed by atoms with E-state index in [0.29, 0.717) is 17.8 Å². The number of aliphatic hydroxyl groups is 1. The summed E-state index contributed by atoms with van der Waals surface area (Å²) in [7, 11) is 0. The van der Waals surface area contributed by atoms with Crippen LogP contribution in [0.1, 0.15) is 29.5 Å². The molecule has 0 atom stereocenters. The van der Waals surface area contributed by atoms with E-state index < -0.39 is 40.5 Å². The molecule has 4 aromatic rings. The van der Waals surface area contributed by atoms with Gasteiger partial charge in [-0.3, -0.25) is 14.3 Å². The van der Waals surface area contributed by atoms with E-state index >= 15 is 0 Å². The fraction of sp³-hybridized carbons (Fsp3) is 0.346. The molecule has 2 aromatic carbocycles. The monoisotopic (exact) mass is 569 g/mol. The maximum Gasteiger partial charge on any atom is 0.416 e. The first kappa shape index (κ1) is 27.8. The molecule has 1 aliphatic rings. The van der Waals surface area contributed by atoms with Crippen LogP contribution in [-0.4, -0.2) is 48.0 Å². The molecule has 5 rings (SSSR count). The highest BCUT2D eigenvalue weighted by atomic mass is 19.4. The number of hydrogen-bond donors (Lipinski definition) is 1. The summed E-state index contributed by atoms with van der Waals surface area (Å²) >= 11 is 0. The molecule has 7 nitrogen and oxygen atoms in total. The van der Waals surface area contributed by atoms with Crippen molar-refractivity contribution in [2.24, 2.45) is 0 Å².